The van der Waals surface area contributed by atoms with Gasteiger partial charge in [0.25, 0.3) is 0 Å². The van der Waals surface area contributed by atoms with Crippen LogP contribution in [0.25, 0.3) is 0 Å². The molecule has 0 aliphatic carbocycles. The molecule has 0 fully saturated rings. The van der Waals surface area contributed by atoms with Gasteiger partial charge in [-0.3, -0.25) is 9.59 Å². The first-order chi connectivity index (χ1) is 12.1. The molecule has 5 nitrogen and oxygen atoms in total. The van der Waals surface area contributed by atoms with Crippen LogP contribution < -0.4 is 14.2 Å². The number of unbranched alkanes of at least 4 members (excludes halogenated alkanes) is 4. The summed E-state index contributed by atoms with van der Waals surface area (Å²) in [6.45, 7) is 6.53. The topological polar surface area (TPSA) is 61.8 Å². The molecule has 0 aromatic heterocycles. The summed E-state index contributed by atoms with van der Waals surface area (Å²) >= 11 is 0. The maximum Gasteiger partial charge on any atom is 0.311 e. The molecule has 0 aliphatic heterocycles. The number of hydrogen-bond donors (Lipinski definition) is 0. The molecule has 0 bridgehead atoms. The molecule has 0 atom stereocenters. The number of carbonyl (C=O) groups is 2. The first-order valence-corrected chi connectivity index (χ1v) is 9.28. The minimum atomic E-state index is -0.328. The van der Waals surface area contributed by atoms with Crippen molar-refractivity contribution in [3.05, 3.63) is 18.2 Å². The standard InChI is InChI=1S/C20H30O5/c1-4-7-9-11-19(21)24-17-14-13-16(23-6-3)15-18(17)25-20(22)12-10-8-5-2/h13-15H,4-12H2,1-3H3. The zero-order chi connectivity index (χ0) is 18.5. The van der Waals surface area contributed by atoms with Gasteiger partial charge in [0, 0.05) is 18.9 Å². The average molecular weight is 350 g/mol. The second-order valence-corrected chi connectivity index (χ2v) is 5.90. The van der Waals surface area contributed by atoms with Crippen LogP contribution in [0.1, 0.15) is 72.1 Å². The summed E-state index contributed by atoms with van der Waals surface area (Å²) in [4.78, 5) is 24.0. The first-order valence-electron chi connectivity index (χ1n) is 9.28. The highest BCUT2D eigenvalue weighted by Crippen LogP contribution is 2.32. The fourth-order valence-electron chi connectivity index (χ4n) is 2.29. The molecule has 0 heterocycles. The Labute approximate surface area is 150 Å². The van der Waals surface area contributed by atoms with Gasteiger partial charge in [0.1, 0.15) is 5.75 Å². The maximum atomic E-state index is 12.0. The van der Waals surface area contributed by atoms with Gasteiger partial charge in [-0.05, 0) is 31.9 Å². The minimum absolute atomic E-state index is 0.233. The molecule has 0 amide bonds. The number of rotatable bonds is 12. The Kier molecular flexibility index (Phi) is 10.4. The van der Waals surface area contributed by atoms with Gasteiger partial charge in [0.05, 0.1) is 6.61 Å². The summed E-state index contributed by atoms with van der Waals surface area (Å²) in [5, 5.41) is 0. The van der Waals surface area contributed by atoms with Gasteiger partial charge >= 0.3 is 11.9 Å². The highest BCUT2D eigenvalue weighted by molar-refractivity contribution is 5.76. The smallest absolute Gasteiger partial charge is 0.311 e. The molecule has 0 unspecified atom stereocenters. The Balaban J connectivity index is 2.77. The lowest BCUT2D eigenvalue weighted by atomic mass is 10.2. The van der Waals surface area contributed by atoms with Gasteiger partial charge in [0.15, 0.2) is 11.5 Å². The van der Waals surface area contributed by atoms with E-state index in [1.807, 2.05) is 6.92 Å². The Morgan fingerprint density at radius 3 is 1.88 bits per heavy atom. The van der Waals surface area contributed by atoms with E-state index in [4.69, 9.17) is 14.2 Å². The molecule has 1 aromatic rings. The van der Waals surface area contributed by atoms with E-state index in [1.165, 1.54) is 0 Å². The molecule has 140 valence electrons. The molecule has 5 heteroatoms. The molecule has 1 aromatic carbocycles. The molecule has 25 heavy (non-hydrogen) atoms. The van der Waals surface area contributed by atoms with E-state index in [0.717, 1.165) is 38.5 Å². The fraction of sp³-hybridized carbons (Fsp3) is 0.600. The summed E-state index contributed by atoms with van der Waals surface area (Å²) in [5.74, 6) is 0.418. The summed E-state index contributed by atoms with van der Waals surface area (Å²) in [7, 11) is 0. The van der Waals surface area contributed by atoms with Crippen LogP contribution in [0, 0.1) is 0 Å². The molecule has 0 spiro atoms. The van der Waals surface area contributed by atoms with Crippen LogP contribution in [0.3, 0.4) is 0 Å². The SMILES string of the molecule is CCCCCC(=O)Oc1ccc(OCC)cc1OC(=O)CCCCC. The Morgan fingerprint density at radius 1 is 0.800 bits per heavy atom. The summed E-state index contributed by atoms with van der Waals surface area (Å²) in [6, 6.07) is 4.90. The highest BCUT2D eigenvalue weighted by Gasteiger charge is 2.15. The van der Waals surface area contributed by atoms with E-state index in [9.17, 15) is 9.59 Å². The van der Waals surface area contributed by atoms with Crippen molar-refractivity contribution in [2.75, 3.05) is 6.61 Å². The molecule has 1 rings (SSSR count). The predicted octanol–water partition coefficient (Wildman–Crippen LogP) is 5.06. The monoisotopic (exact) mass is 350 g/mol. The number of ether oxygens (including phenoxy) is 3. The van der Waals surface area contributed by atoms with Gasteiger partial charge in [-0.2, -0.15) is 0 Å². The molecule has 0 aliphatic rings. The molecule has 0 N–H and O–H groups in total. The van der Waals surface area contributed by atoms with Crippen molar-refractivity contribution in [3.63, 3.8) is 0 Å². The van der Waals surface area contributed by atoms with E-state index < -0.39 is 0 Å². The Bertz CT molecular complexity index is 539. The summed E-state index contributed by atoms with van der Waals surface area (Å²) < 4.78 is 16.2. The van der Waals surface area contributed by atoms with Gasteiger partial charge in [-0.1, -0.05) is 39.5 Å². The fourth-order valence-corrected chi connectivity index (χ4v) is 2.29. The number of benzene rings is 1. The highest BCUT2D eigenvalue weighted by atomic mass is 16.6. The third kappa shape index (κ3) is 8.57. The van der Waals surface area contributed by atoms with Crippen LogP contribution >= 0.6 is 0 Å². The lowest BCUT2D eigenvalue weighted by Gasteiger charge is -2.12. The van der Waals surface area contributed by atoms with Crippen molar-refractivity contribution in [1.29, 1.82) is 0 Å². The maximum absolute atomic E-state index is 12.0. The molecule has 0 saturated heterocycles. The molecular weight excluding hydrogens is 320 g/mol. The second kappa shape index (κ2) is 12.3. The lowest BCUT2D eigenvalue weighted by Crippen LogP contribution is -2.12. The third-order valence-corrected chi connectivity index (χ3v) is 3.64. The van der Waals surface area contributed by atoms with Crippen molar-refractivity contribution < 1.29 is 23.8 Å². The second-order valence-electron chi connectivity index (χ2n) is 5.90. The van der Waals surface area contributed by atoms with Gasteiger partial charge in [0.2, 0.25) is 0 Å². The van der Waals surface area contributed by atoms with Crippen LogP contribution in [0.5, 0.6) is 17.2 Å². The van der Waals surface area contributed by atoms with Crippen LogP contribution in [-0.2, 0) is 9.59 Å². The van der Waals surface area contributed by atoms with Gasteiger partial charge < -0.3 is 14.2 Å². The quantitative estimate of drug-likeness (QED) is 0.300. The van der Waals surface area contributed by atoms with Crippen molar-refractivity contribution in [1.82, 2.24) is 0 Å². The normalized spacial score (nSPS) is 10.4. The molecule has 0 saturated carbocycles. The number of carbonyl (C=O) groups excluding carboxylic acids is 2. The Hall–Kier alpha value is -2.04. The summed E-state index contributed by atoms with van der Waals surface area (Å²) in [5.41, 5.74) is 0. The summed E-state index contributed by atoms with van der Waals surface area (Å²) in [6.07, 6.45) is 6.31. The van der Waals surface area contributed by atoms with Crippen LogP contribution in [0.15, 0.2) is 18.2 Å². The van der Waals surface area contributed by atoms with E-state index in [0.29, 0.717) is 25.2 Å². The van der Waals surface area contributed by atoms with E-state index in [2.05, 4.69) is 13.8 Å². The van der Waals surface area contributed by atoms with E-state index in [-0.39, 0.29) is 23.4 Å². The predicted molar refractivity (Wildman–Crippen MR) is 97.2 cm³/mol. The van der Waals surface area contributed by atoms with E-state index in [1.54, 1.807) is 18.2 Å². The van der Waals surface area contributed by atoms with Crippen LogP contribution in [0.4, 0.5) is 0 Å². The van der Waals surface area contributed by atoms with Gasteiger partial charge in [-0.15, -0.1) is 0 Å². The zero-order valence-electron chi connectivity index (χ0n) is 15.6. The van der Waals surface area contributed by atoms with Crippen molar-refractivity contribution in [3.8, 4) is 17.2 Å². The van der Waals surface area contributed by atoms with Crippen molar-refractivity contribution >= 4 is 11.9 Å². The zero-order valence-corrected chi connectivity index (χ0v) is 15.6. The van der Waals surface area contributed by atoms with Crippen molar-refractivity contribution in [2.24, 2.45) is 0 Å². The van der Waals surface area contributed by atoms with Crippen LogP contribution in [0.2, 0.25) is 0 Å². The van der Waals surface area contributed by atoms with Crippen LogP contribution in [-0.4, -0.2) is 18.5 Å². The minimum Gasteiger partial charge on any atom is -0.494 e. The number of hydrogen-bond acceptors (Lipinski definition) is 5. The largest absolute Gasteiger partial charge is 0.494 e. The Morgan fingerprint density at radius 2 is 1.36 bits per heavy atom. The van der Waals surface area contributed by atoms with Gasteiger partial charge in [-0.25, -0.2) is 0 Å². The van der Waals surface area contributed by atoms with E-state index >= 15 is 0 Å². The molecular formula is C20H30O5. The number of esters is 2. The molecule has 0 radical (unpaired) electrons. The third-order valence-electron chi connectivity index (χ3n) is 3.64. The lowest BCUT2D eigenvalue weighted by molar-refractivity contribution is -0.137. The first kappa shape index (κ1) is 21.0. The van der Waals surface area contributed by atoms with Crippen molar-refractivity contribution in [2.45, 2.75) is 72.1 Å². The average Bonchev–Trinajstić information content (AvgIpc) is 2.58.